The van der Waals surface area contributed by atoms with Gasteiger partial charge in [-0.15, -0.1) is 6.58 Å². The zero-order valence-corrected chi connectivity index (χ0v) is 16.6. The zero-order valence-electron chi connectivity index (χ0n) is 15.7. The summed E-state index contributed by atoms with van der Waals surface area (Å²) in [6.07, 6.45) is 9.76. The molecule has 6 heteroatoms. The molecule has 0 spiro atoms. The zero-order chi connectivity index (χ0) is 19.0. The third-order valence-electron chi connectivity index (χ3n) is 4.77. The van der Waals surface area contributed by atoms with E-state index in [9.17, 15) is 4.57 Å². The van der Waals surface area contributed by atoms with E-state index in [-0.39, 0.29) is 18.1 Å². The first-order valence-electron chi connectivity index (χ1n) is 9.69. The Balaban J connectivity index is 1.64. The molecule has 2 bridgehead atoms. The fourth-order valence-corrected chi connectivity index (χ4v) is 4.80. The Bertz CT molecular complexity index is 660. The maximum atomic E-state index is 13.1. The van der Waals surface area contributed by atoms with Crippen LogP contribution in [0.3, 0.4) is 0 Å². The van der Waals surface area contributed by atoms with Gasteiger partial charge in [-0.05, 0) is 31.2 Å². The summed E-state index contributed by atoms with van der Waals surface area (Å²) in [5.74, 6) is 0.0924. The molecule has 0 saturated carbocycles. The largest absolute Gasteiger partial charge is 0.475 e. The minimum atomic E-state index is -3.64. The van der Waals surface area contributed by atoms with Gasteiger partial charge in [0.05, 0.1) is 32.0 Å². The number of hydrogen-bond acceptors (Lipinski definition) is 5. The summed E-state index contributed by atoms with van der Waals surface area (Å²) in [7, 11) is -3.64. The van der Waals surface area contributed by atoms with E-state index in [2.05, 4.69) is 12.7 Å². The van der Waals surface area contributed by atoms with Crippen molar-refractivity contribution in [1.82, 2.24) is 0 Å². The third-order valence-corrected chi connectivity index (χ3v) is 6.32. The summed E-state index contributed by atoms with van der Waals surface area (Å²) in [6.45, 7) is 4.98. The van der Waals surface area contributed by atoms with E-state index in [0.717, 1.165) is 31.2 Å². The van der Waals surface area contributed by atoms with Crippen LogP contribution in [-0.2, 0) is 29.5 Å². The van der Waals surface area contributed by atoms with Crippen molar-refractivity contribution in [2.75, 3.05) is 13.2 Å². The van der Waals surface area contributed by atoms with E-state index in [1.54, 1.807) is 0 Å². The number of benzene rings is 1. The van der Waals surface area contributed by atoms with Crippen molar-refractivity contribution in [1.29, 1.82) is 0 Å². The Morgan fingerprint density at radius 3 is 2.89 bits per heavy atom. The molecule has 1 aromatic carbocycles. The van der Waals surface area contributed by atoms with Crippen LogP contribution in [0.2, 0.25) is 0 Å². The monoisotopic (exact) mass is 392 g/mol. The van der Waals surface area contributed by atoms with Gasteiger partial charge in [0, 0.05) is 5.92 Å². The van der Waals surface area contributed by atoms with E-state index in [4.69, 9.17) is 18.3 Å². The van der Waals surface area contributed by atoms with Crippen molar-refractivity contribution in [2.24, 2.45) is 5.92 Å². The highest BCUT2D eigenvalue weighted by molar-refractivity contribution is 7.48. The van der Waals surface area contributed by atoms with Crippen molar-refractivity contribution < 1.29 is 22.9 Å². The van der Waals surface area contributed by atoms with Crippen LogP contribution in [0.25, 0.3) is 0 Å². The lowest BCUT2D eigenvalue weighted by molar-refractivity contribution is 0.00752. The first-order chi connectivity index (χ1) is 13.2. The fourth-order valence-electron chi connectivity index (χ4n) is 3.24. The second-order valence-corrected chi connectivity index (χ2v) is 8.63. The molecule has 5 nitrogen and oxygen atoms in total. The maximum Gasteiger partial charge on any atom is 0.475 e. The van der Waals surface area contributed by atoms with Gasteiger partial charge in [-0.25, -0.2) is 4.57 Å². The van der Waals surface area contributed by atoms with Gasteiger partial charge in [0.15, 0.2) is 0 Å². The normalized spacial score (nSPS) is 33.4. The second-order valence-electron chi connectivity index (χ2n) is 7.06. The topological polar surface area (TPSA) is 54.0 Å². The number of rotatable bonds is 5. The van der Waals surface area contributed by atoms with Crippen LogP contribution < -0.4 is 0 Å². The summed E-state index contributed by atoms with van der Waals surface area (Å²) >= 11 is 0. The highest BCUT2D eigenvalue weighted by Crippen LogP contribution is 2.55. The SMILES string of the molecule is C=CC1COP2(=O)O[C@H](COCc3ccccc3)CCCC/C=C/[C@H](C1)O2. The lowest BCUT2D eigenvalue weighted by atomic mass is 10.0. The minimum Gasteiger partial charge on any atom is -0.374 e. The maximum absolute atomic E-state index is 13.1. The van der Waals surface area contributed by atoms with E-state index in [0.29, 0.717) is 26.2 Å². The molecule has 2 unspecified atom stereocenters. The van der Waals surface area contributed by atoms with Crippen LogP contribution in [0.1, 0.15) is 37.7 Å². The number of allylic oxidation sites excluding steroid dienone is 1. The molecule has 0 amide bonds. The second kappa shape index (κ2) is 10.4. The van der Waals surface area contributed by atoms with Crippen LogP contribution in [0.15, 0.2) is 55.1 Å². The van der Waals surface area contributed by atoms with Gasteiger partial charge in [-0.2, -0.15) is 0 Å². The molecule has 2 aliphatic rings. The van der Waals surface area contributed by atoms with Gasteiger partial charge in [-0.1, -0.05) is 55.0 Å². The van der Waals surface area contributed by atoms with E-state index >= 15 is 0 Å². The molecule has 0 aromatic heterocycles. The summed E-state index contributed by atoms with van der Waals surface area (Å²) in [5.41, 5.74) is 1.10. The molecule has 4 atom stereocenters. The van der Waals surface area contributed by atoms with Crippen LogP contribution in [-0.4, -0.2) is 25.4 Å². The van der Waals surface area contributed by atoms with E-state index in [1.165, 1.54) is 0 Å². The summed E-state index contributed by atoms with van der Waals surface area (Å²) < 4.78 is 36.2. The first kappa shape index (κ1) is 20.5. The van der Waals surface area contributed by atoms with Crippen LogP contribution in [0.5, 0.6) is 0 Å². The Morgan fingerprint density at radius 1 is 1.22 bits per heavy atom. The van der Waals surface area contributed by atoms with Crippen LogP contribution in [0, 0.1) is 5.92 Å². The van der Waals surface area contributed by atoms with Gasteiger partial charge >= 0.3 is 7.82 Å². The highest BCUT2D eigenvalue weighted by Gasteiger charge is 2.37. The molecule has 27 heavy (non-hydrogen) atoms. The van der Waals surface area contributed by atoms with Crippen molar-refractivity contribution in [3.63, 3.8) is 0 Å². The average Bonchev–Trinajstić information content (AvgIpc) is 2.85. The molecule has 0 N–H and O–H groups in total. The average molecular weight is 392 g/mol. The molecular weight excluding hydrogens is 363 g/mol. The number of fused-ring (bicyclic) bond motifs is 2. The molecule has 1 aromatic rings. The highest BCUT2D eigenvalue weighted by atomic mass is 31.2. The number of ether oxygens (including phenoxy) is 1. The molecular formula is C21H29O5P. The molecule has 2 aliphatic heterocycles. The first-order valence-corrected chi connectivity index (χ1v) is 11.2. The molecule has 1 saturated heterocycles. The van der Waals surface area contributed by atoms with Gasteiger partial charge in [-0.3, -0.25) is 13.6 Å². The Kier molecular flexibility index (Phi) is 7.86. The Labute approximate surface area is 162 Å². The third kappa shape index (κ3) is 6.70. The van der Waals surface area contributed by atoms with Crippen molar-refractivity contribution in [3.05, 3.63) is 60.7 Å². The minimum absolute atomic E-state index is 0.0924. The van der Waals surface area contributed by atoms with Crippen molar-refractivity contribution >= 4 is 7.82 Å². The van der Waals surface area contributed by atoms with Gasteiger partial charge in [0.2, 0.25) is 0 Å². The molecule has 2 heterocycles. The van der Waals surface area contributed by atoms with Crippen LogP contribution in [0.4, 0.5) is 0 Å². The Hall–Kier alpha value is -1.23. The quantitative estimate of drug-likeness (QED) is 0.494. The Morgan fingerprint density at radius 2 is 2.07 bits per heavy atom. The smallest absolute Gasteiger partial charge is 0.374 e. The number of phosphoric acid groups is 1. The van der Waals surface area contributed by atoms with Gasteiger partial charge < -0.3 is 4.74 Å². The standard InChI is InChI=1S/C21H29O5P/c1-2-18-14-20-12-8-3-4-9-13-21(26-27(22,25-20)24-16-18)17-23-15-19-10-6-5-7-11-19/h2,5-8,10-12,18,20-21H,1,3-4,9,13-17H2/b12-8+/t18?,20-,21+,27?/m1/s1. The van der Waals surface area contributed by atoms with Crippen LogP contribution >= 0.6 is 7.82 Å². The summed E-state index contributed by atoms with van der Waals surface area (Å²) in [4.78, 5) is 0. The number of phosphoric ester groups is 1. The van der Waals surface area contributed by atoms with Crippen molar-refractivity contribution in [3.8, 4) is 0 Å². The fraction of sp³-hybridized carbons (Fsp3) is 0.524. The number of hydrogen-bond donors (Lipinski definition) is 0. The van der Waals surface area contributed by atoms with Gasteiger partial charge in [0.25, 0.3) is 0 Å². The molecule has 0 radical (unpaired) electrons. The molecule has 1 fully saturated rings. The van der Waals surface area contributed by atoms with Crippen molar-refractivity contribution in [2.45, 2.75) is 50.9 Å². The molecule has 3 rings (SSSR count). The lowest BCUT2D eigenvalue weighted by Gasteiger charge is -2.24. The van der Waals surface area contributed by atoms with E-state index < -0.39 is 7.82 Å². The molecule has 148 valence electrons. The predicted molar refractivity (Wildman–Crippen MR) is 105 cm³/mol. The predicted octanol–water partition coefficient (Wildman–Crippen LogP) is 5.43. The van der Waals surface area contributed by atoms with E-state index in [1.807, 2.05) is 42.5 Å². The summed E-state index contributed by atoms with van der Waals surface area (Å²) in [5, 5.41) is 0. The lowest BCUT2D eigenvalue weighted by Crippen LogP contribution is -2.20. The molecule has 0 aliphatic carbocycles. The summed E-state index contributed by atoms with van der Waals surface area (Å²) in [6, 6.07) is 9.98. The van der Waals surface area contributed by atoms with Gasteiger partial charge in [0.1, 0.15) is 0 Å².